The van der Waals surface area contributed by atoms with Crippen LogP contribution in [0.5, 0.6) is 5.75 Å². The molecular weight excluding hydrogens is 336 g/mol. The monoisotopic (exact) mass is 354 g/mol. The van der Waals surface area contributed by atoms with Crippen LogP contribution in [0.2, 0.25) is 0 Å². The Hall–Kier alpha value is -3.02. The highest BCUT2D eigenvalue weighted by Crippen LogP contribution is 2.46. The van der Waals surface area contributed by atoms with Gasteiger partial charge in [-0.15, -0.1) is 0 Å². The van der Waals surface area contributed by atoms with Crippen LogP contribution in [0.15, 0.2) is 40.8 Å². The lowest BCUT2D eigenvalue weighted by atomic mass is 9.92. The molecule has 1 aliphatic rings. The summed E-state index contributed by atoms with van der Waals surface area (Å²) in [5, 5.41) is 1.68. The molecule has 0 aliphatic carbocycles. The molecule has 0 spiro atoms. The first-order chi connectivity index (χ1) is 12.5. The summed E-state index contributed by atoms with van der Waals surface area (Å²) in [7, 11) is 0. The predicted octanol–water partition coefficient (Wildman–Crippen LogP) is 3.90. The Morgan fingerprint density at radius 1 is 0.962 bits per heavy atom. The third kappa shape index (κ3) is 2.58. The van der Waals surface area contributed by atoms with Gasteiger partial charge >= 0.3 is 11.9 Å². The summed E-state index contributed by atoms with van der Waals surface area (Å²) in [5.74, 6) is -0.335. The zero-order chi connectivity index (χ0) is 18.4. The third-order valence-corrected chi connectivity index (χ3v) is 4.50. The smallest absolute Gasteiger partial charge is 0.303 e. The maximum absolute atomic E-state index is 11.8. The zero-order valence-electron chi connectivity index (χ0n) is 14.6. The minimum Gasteiger partial charge on any atom is -0.486 e. The maximum atomic E-state index is 11.8. The first kappa shape index (κ1) is 16.4. The molecule has 0 N–H and O–H groups in total. The Labute approximate surface area is 149 Å². The molecule has 6 nitrogen and oxygen atoms in total. The lowest BCUT2D eigenvalue weighted by Gasteiger charge is -2.36. The van der Waals surface area contributed by atoms with Gasteiger partial charge < -0.3 is 18.6 Å². The molecule has 0 fully saturated rings. The topological polar surface area (TPSA) is 75.0 Å². The Kier molecular flexibility index (Phi) is 3.83. The van der Waals surface area contributed by atoms with E-state index < -0.39 is 30.3 Å². The van der Waals surface area contributed by atoms with E-state index >= 15 is 0 Å². The molecule has 0 saturated carbocycles. The second-order valence-electron chi connectivity index (χ2n) is 6.38. The van der Waals surface area contributed by atoms with Crippen molar-refractivity contribution in [3.8, 4) is 5.75 Å². The molecule has 2 heterocycles. The number of benzene rings is 2. The van der Waals surface area contributed by atoms with Gasteiger partial charge in [-0.05, 0) is 25.1 Å². The Morgan fingerprint density at radius 2 is 1.69 bits per heavy atom. The van der Waals surface area contributed by atoms with Crippen molar-refractivity contribution < 1.29 is 28.2 Å². The van der Waals surface area contributed by atoms with Gasteiger partial charge in [0, 0.05) is 24.6 Å². The van der Waals surface area contributed by atoms with Crippen molar-refractivity contribution >= 4 is 33.9 Å². The number of hydrogen-bond donors (Lipinski definition) is 0. The third-order valence-electron chi connectivity index (χ3n) is 4.50. The summed E-state index contributed by atoms with van der Waals surface area (Å²) in [6.07, 6.45) is -1.99. The van der Waals surface area contributed by atoms with E-state index in [4.69, 9.17) is 18.6 Å². The number of hydrogen-bond acceptors (Lipinski definition) is 6. The van der Waals surface area contributed by atoms with Gasteiger partial charge in [0.05, 0.1) is 5.56 Å². The lowest BCUT2D eigenvalue weighted by Crippen LogP contribution is -2.43. The van der Waals surface area contributed by atoms with Crippen molar-refractivity contribution in [3.63, 3.8) is 0 Å². The molecule has 26 heavy (non-hydrogen) atoms. The SMILES string of the molecule is CC(=O)O[C@@H]1c2c(ccc3oc4ccccc4c23)OC(C)[C@@H]1OC(C)=O. The first-order valence-electron chi connectivity index (χ1n) is 8.41. The van der Waals surface area contributed by atoms with Crippen LogP contribution in [-0.4, -0.2) is 24.1 Å². The molecule has 0 saturated heterocycles. The van der Waals surface area contributed by atoms with Crippen LogP contribution in [0.25, 0.3) is 21.9 Å². The minimum absolute atomic E-state index is 0.461. The van der Waals surface area contributed by atoms with Gasteiger partial charge in [-0.25, -0.2) is 0 Å². The van der Waals surface area contributed by atoms with Crippen molar-refractivity contribution in [1.82, 2.24) is 0 Å². The van der Waals surface area contributed by atoms with Gasteiger partial charge in [-0.3, -0.25) is 9.59 Å². The summed E-state index contributed by atoms with van der Waals surface area (Å²) < 4.78 is 22.9. The fraction of sp³-hybridized carbons (Fsp3) is 0.300. The quantitative estimate of drug-likeness (QED) is 0.650. The van der Waals surface area contributed by atoms with Crippen LogP contribution >= 0.6 is 0 Å². The molecule has 1 aromatic heterocycles. The Morgan fingerprint density at radius 3 is 2.42 bits per heavy atom. The highest BCUT2D eigenvalue weighted by molar-refractivity contribution is 6.07. The largest absolute Gasteiger partial charge is 0.486 e. The van der Waals surface area contributed by atoms with Gasteiger partial charge in [-0.1, -0.05) is 18.2 Å². The van der Waals surface area contributed by atoms with Crippen molar-refractivity contribution in [1.29, 1.82) is 0 Å². The van der Waals surface area contributed by atoms with Gasteiger partial charge in [0.25, 0.3) is 0 Å². The summed E-state index contributed by atoms with van der Waals surface area (Å²) in [4.78, 5) is 23.4. The van der Waals surface area contributed by atoms with Crippen LogP contribution in [-0.2, 0) is 19.1 Å². The van der Waals surface area contributed by atoms with Gasteiger partial charge in [0.1, 0.15) is 23.0 Å². The van der Waals surface area contributed by atoms with Crippen molar-refractivity contribution in [2.24, 2.45) is 0 Å². The van der Waals surface area contributed by atoms with E-state index in [-0.39, 0.29) is 0 Å². The van der Waals surface area contributed by atoms with E-state index in [0.29, 0.717) is 16.9 Å². The fourth-order valence-electron chi connectivity index (χ4n) is 3.54. The molecular formula is C20H18O6. The van der Waals surface area contributed by atoms with Gasteiger partial charge in [-0.2, -0.15) is 0 Å². The second kappa shape index (κ2) is 6.05. The number of esters is 2. The molecule has 3 atom stereocenters. The molecule has 0 radical (unpaired) electrons. The highest BCUT2D eigenvalue weighted by atomic mass is 16.6. The van der Waals surface area contributed by atoms with Gasteiger partial charge in [0.15, 0.2) is 12.2 Å². The highest BCUT2D eigenvalue weighted by Gasteiger charge is 2.42. The van der Waals surface area contributed by atoms with Crippen LogP contribution in [0.3, 0.4) is 0 Å². The molecule has 0 bridgehead atoms. The van der Waals surface area contributed by atoms with Crippen LogP contribution < -0.4 is 4.74 Å². The van der Waals surface area contributed by atoms with E-state index in [1.807, 2.05) is 30.3 Å². The molecule has 1 unspecified atom stereocenters. The number of ether oxygens (including phenoxy) is 3. The predicted molar refractivity (Wildman–Crippen MR) is 93.9 cm³/mol. The average molecular weight is 354 g/mol. The number of rotatable bonds is 2. The zero-order valence-corrected chi connectivity index (χ0v) is 14.6. The number of fused-ring (bicyclic) bond motifs is 5. The van der Waals surface area contributed by atoms with Crippen molar-refractivity contribution in [2.75, 3.05) is 0 Å². The van der Waals surface area contributed by atoms with E-state index in [9.17, 15) is 9.59 Å². The fourth-order valence-corrected chi connectivity index (χ4v) is 3.54. The van der Waals surface area contributed by atoms with Crippen LogP contribution in [0.4, 0.5) is 0 Å². The lowest BCUT2D eigenvalue weighted by molar-refractivity contribution is -0.176. The minimum atomic E-state index is -0.778. The number of para-hydroxylation sites is 1. The van der Waals surface area contributed by atoms with Gasteiger partial charge in [0.2, 0.25) is 0 Å². The molecule has 2 aromatic carbocycles. The summed E-state index contributed by atoms with van der Waals surface area (Å²) in [5.41, 5.74) is 2.04. The standard InChI is InChI=1S/C20H18O6/c1-10-19(24-11(2)21)20(25-12(3)22)18-16(23-10)9-8-15-17(18)13-6-4-5-7-14(13)26-15/h4-10,19-20H,1-3H3/t10?,19-,20+/m0/s1. The number of carbonyl (C=O) groups excluding carboxylic acids is 2. The summed E-state index contributed by atoms with van der Waals surface area (Å²) >= 11 is 0. The molecule has 4 rings (SSSR count). The van der Waals surface area contributed by atoms with E-state index in [2.05, 4.69) is 0 Å². The maximum Gasteiger partial charge on any atom is 0.303 e. The number of carbonyl (C=O) groups is 2. The van der Waals surface area contributed by atoms with Crippen LogP contribution in [0.1, 0.15) is 32.4 Å². The summed E-state index contributed by atoms with van der Waals surface area (Å²) in [6, 6.07) is 11.2. The molecule has 1 aliphatic heterocycles. The Bertz CT molecular complexity index is 1020. The first-order valence-corrected chi connectivity index (χ1v) is 8.41. The number of furan rings is 1. The normalized spacial score (nSPS) is 21.9. The molecule has 134 valence electrons. The van der Waals surface area contributed by atoms with E-state index in [1.54, 1.807) is 13.0 Å². The molecule has 6 heteroatoms. The molecule has 3 aromatic rings. The van der Waals surface area contributed by atoms with Crippen molar-refractivity contribution in [3.05, 3.63) is 42.0 Å². The Balaban J connectivity index is 2.00. The second-order valence-corrected chi connectivity index (χ2v) is 6.38. The summed E-state index contributed by atoms with van der Waals surface area (Å²) in [6.45, 7) is 4.43. The van der Waals surface area contributed by atoms with Crippen molar-refractivity contribution in [2.45, 2.75) is 39.1 Å². The average Bonchev–Trinajstić information content (AvgIpc) is 2.95. The van der Waals surface area contributed by atoms with E-state index in [0.717, 1.165) is 16.4 Å². The van der Waals surface area contributed by atoms with E-state index in [1.165, 1.54) is 13.8 Å². The molecule has 0 amide bonds. The van der Waals surface area contributed by atoms with Crippen LogP contribution in [0, 0.1) is 0 Å².